The summed E-state index contributed by atoms with van der Waals surface area (Å²) < 4.78 is 7.07. The van der Waals surface area contributed by atoms with Crippen molar-refractivity contribution in [3.63, 3.8) is 0 Å². The first kappa shape index (κ1) is 16.1. The third kappa shape index (κ3) is 4.95. The van der Waals surface area contributed by atoms with E-state index in [-0.39, 0.29) is 24.3 Å². The maximum Gasteiger partial charge on any atom is 0.310 e. The average Bonchev–Trinajstić information content (AvgIpc) is 2.35. The molecule has 0 saturated heterocycles. The van der Waals surface area contributed by atoms with Crippen molar-refractivity contribution in [2.24, 2.45) is 11.0 Å². The van der Waals surface area contributed by atoms with E-state index in [1.54, 1.807) is 4.57 Å². The zero-order chi connectivity index (χ0) is 16.2. The lowest BCUT2D eigenvalue weighted by Gasteiger charge is -2.29. The van der Waals surface area contributed by atoms with Gasteiger partial charge < -0.3 is 4.74 Å². The molecule has 1 aromatic rings. The van der Waals surface area contributed by atoms with Crippen LogP contribution in [0.3, 0.4) is 0 Å². The Morgan fingerprint density at radius 3 is 2.50 bits per heavy atom. The third-order valence-corrected chi connectivity index (χ3v) is 3.15. The van der Waals surface area contributed by atoms with Gasteiger partial charge in [-0.05, 0) is 20.8 Å². The number of hydrogen-bond acceptors (Lipinski definition) is 4. The minimum Gasteiger partial charge on any atom is -0.460 e. The van der Waals surface area contributed by atoms with Gasteiger partial charge in [0, 0.05) is 30.7 Å². The number of pyridine rings is 1. The van der Waals surface area contributed by atoms with Crippen LogP contribution in [-0.4, -0.2) is 23.2 Å². The predicted molar refractivity (Wildman–Crippen MR) is 80.8 cm³/mol. The summed E-state index contributed by atoms with van der Waals surface area (Å²) in [5, 5.41) is 4.05. The van der Waals surface area contributed by atoms with Gasteiger partial charge in [0.1, 0.15) is 5.60 Å². The molecule has 118 valence electrons. The van der Waals surface area contributed by atoms with E-state index in [1.807, 2.05) is 51.4 Å². The summed E-state index contributed by atoms with van der Waals surface area (Å²) in [5.74, 6) is -0.527. The summed E-state index contributed by atoms with van der Waals surface area (Å²) in [6, 6.07) is 5.60. The Kier molecular flexibility index (Phi) is 4.90. The van der Waals surface area contributed by atoms with Crippen LogP contribution in [0.15, 0.2) is 35.7 Å². The molecule has 1 heterocycles. The molecule has 0 spiro atoms. The van der Waals surface area contributed by atoms with Gasteiger partial charge in [0.25, 0.3) is 0 Å². The SMILES string of the molecule is CC(C)(C)OC(=O)C1CC(=NNC(=O)C[n+]2ccccc2)C1. The molecule has 0 bridgehead atoms. The molecule has 0 radical (unpaired) electrons. The molecule has 1 fully saturated rings. The van der Waals surface area contributed by atoms with E-state index in [0.29, 0.717) is 12.8 Å². The van der Waals surface area contributed by atoms with Gasteiger partial charge in [-0.25, -0.2) is 5.43 Å². The van der Waals surface area contributed by atoms with E-state index in [9.17, 15) is 9.59 Å². The van der Waals surface area contributed by atoms with Crippen molar-refractivity contribution in [2.75, 3.05) is 0 Å². The van der Waals surface area contributed by atoms with E-state index in [1.165, 1.54) is 0 Å². The van der Waals surface area contributed by atoms with E-state index in [0.717, 1.165) is 5.71 Å². The number of nitrogens with zero attached hydrogens (tertiary/aromatic N) is 2. The second kappa shape index (κ2) is 6.68. The Morgan fingerprint density at radius 2 is 1.91 bits per heavy atom. The number of esters is 1. The fourth-order valence-electron chi connectivity index (χ4n) is 2.03. The molecular weight excluding hydrogens is 282 g/mol. The number of amides is 1. The van der Waals surface area contributed by atoms with Crippen molar-refractivity contribution in [1.82, 2.24) is 5.43 Å². The average molecular weight is 304 g/mol. The van der Waals surface area contributed by atoms with Crippen LogP contribution in [0.1, 0.15) is 33.6 Å². The van der Waals surface area contributed by atoms with Gasteiger partial charge in [-0.2, -0.15) is 9.67 Å². The van der Waals surface area contributed by atoms with Gasteiger partial charge in [-0.15, -0.1) is 0 Å². The zero-order valence-electron chi connectivity index (χ0n) is 13.2. The molecule has 1 aliphatic rings. The number of nitrogens with one attached hydrogen (secondary N) is 1. The minimum absolute atomic E-state index is 0.140. The molecule has 6 heteroatoms. The Morgan fingerprint density at radius 1 is 1.27 bits per heavy atom. The third-order valence-electron chi connectivity index (χ3n) is 3.15. The summed E-state index contributed by atoms with van der Waals surface area (Å²) in [5.41, 5.74) is 2.87. The van der Waals surface area contributed by atoms with Crippen molar-refractivity contribution >= 4 is 17.6 Å². The molecule has 1 saturated carbocycles. The second-order valence-corrected chi connectivity index (χ2v) is 6.40. The van der Waals surface area contributed by atoms with E-state index in [2.05, 4.69) is 10.5 Å². The van der Waals surface area contributed by atoms with Gasteiger partial charge in [0.15, 0.2) is 12.4 Å². The Labute approximate surface area is 130 Å². The van der Waals surface area contributed by atoms with Crippen LogP contribution in [0.5, 0.6) is 0 Å². The molecule has 1 aliphatic carbocycles. The highest BCUT2D eigenvalue weighted by molar-refractivity contribution is 5.98. The summed E-state index contributed by atoms with van der Waals surface area (Å²) in [6.45, 7) is 5.76. The summed E-state index contributed by atoms with van der Waals surface area (Å²) in [6.07, 6.45) is 4.73. The zero-order valence-corrected chi connectivity index (χ0v) is 13.2. The number of aromatic nitrogens is 1. The van der Waals surface area contributed by atoms with Crippen molar-refractivity contribution < 1.29 is 18.9 Å². The summed E-state index contributed by atoms with van der Waals surface area (Å²) in [4.78, 5) is 23.5. The number of rotatable bonds is 4. The van der Waals surface area contributed by atoms with E-state index < -0.39 is 5.60 Å². The first-order valence-electron chi connectivity index (χ1n) is 7.35. The van der Waals surface area contributed by atoms with Crippen LogP contribution in [0.2, 0.25) is 0 Å². The van der Waals surface area contributed by atoms with Crippen molar-refractivity contribution in [3.8, 4) is 0 Å². The Bertz CT molecular complexity index is 568. The first-order chi connectivity index (χ1) is 10.3. The van der Waals surface area contributed by atoms with Crippen LogP contribution in [0.4, 0.5) is 0 Å². The molecule has 1 amide bonds. The lowest BCUT2D eigenvalue weighted by molar-refractivity contribution is -0.684. The number of carbonyl (C=O) groups is 2. The van der Waals surface area contributed by atoms with Gasteiger partial charge in [0.05, 0.1) is 5.92 Å². The largest absolute Gasteiger partial charge is 0.460 e. The highest BCUT2D eigenvalue weighted by atomic mass is 16.6. The van der Waals surface area contributed by atoms with Gasteiger partial charge >= 0.3 is 11.9 Å². The second-order valence-electron chi connectivity index (χ2n) is 6.40. The fraction of sp³-hybridized carbons (Fsp3) is 0.500. The standard InChI is InChI=1S/C16H21N3O3/c1-16(2,3)22-15(21)12-9-13(10-12)17-18-14(20)11-19-7-5-4-6-8-19/h4-8,12H,9-11H2,1-3H3/p+1. The van der Waals surface area contributed by atoms with Gasteiger partial charge in [0.2, 0.25) is 6.54 Å². The molecule has 1 aromatic heterocycles. The normalized spacial score (nSPS) is 17.4. The lowest BCUT2D eigenvalue weighted by Crippen LogP contribution is -2.42. The van der Waals surface area contributed by atoms with Crippen molar-refractivity contribution in [2.45, 2.75) is 45.8 Å². The molecule has 1 N–H and O–H groups in total. The summed E-state index contributed by atoms with van der Waals surface area (Å²) >= 11 is 0. The monoisotopic (exact) mass is 304 g/mol. The highest BCUT2D eigenvalue weighted by Gasteiger charge is 2.34. The first-order valence-corrected chi connectivity index (χ1v) is 7.35. The number of ether oxygens (including phenoxy) is 1. The van der Waals surface area contributed by atoms with Gasteiger partial charge in [-0.1, -0.05) is 6.07 Å². The molecule has 6 nitrogen and oxygen atoms in total. The van der Waals surface area contributed by atoms with Crippen molar-refractivity contribution in [3.05, 3.63) is 30.6 Å². The van der Waals surface area contributed by atoms with E-state index in [4.69, 9.17) is 4.74 Å². The smallest absolute Gasteiger partial charge is 0.310 e. The van der Waals surface area contributed by atoms with Crippen LogP contribution in [0.25, 0.3) is 0 Å². The summed E-state index contributed by atoms with van der Waals surface area (Å²) in [7, 11) is 0. The van der Waals surface area contributed by atoms with E-state index >= 15 is 0 Å². The molecule has 2 rings (SSSR count). The molecule has 0 aliphatic heterocycles. The number of carbonyl (C=O) groups excluding carboxylic acids is 2. The number of hydrogen-bond donors (Lipinski definition) is 1. The Balaban J connectivity index is 1.73. The maximum absolute atomic E-state index is 11.8. The van der Waals surface area contributed by atoms with Crippen LogP contribution < -0.4 is 9.99 Å². The fourth-order valence-corrected chi connectivity index (χ4v) is 2.03. The van der Waals surface area contributed by atoms with Crippen LogP contribution in [-0.2, 0) is 20.9 Å². The predicted octanol–water partition coefficient (Wildman–Crippen LogP) is 1.20. The van der Waals surface area contributed by atoms with Crippen molar-refractivity contribution in [1.29, 1.82) is 0 Å². The molecule has 22 heavy (non-hydrogen) atoms. The topological polar surface area (TPSA) is 71.6 Å². The quantitative estimate of drug-likeness (QED) is 0.516. The van der Waals surface area contributed by atoms with Crippen LogP contribution >= 0.6 is 0 Å². The minimum atomic E-state index is -0.467. The Hall–Kier alpha value is -2.24. The lowest BCUT2D eigenvalue weighted by atomic mass is 9.83. The molecule has 0 aromatic carbocycles. The van der Waals surface area contributed by atoms with Crippen LogP contribution in [0, 0.1) is 5.92 Å². The molecule has 0 unspecified atom stereocenters. The van der Waals surface area contributed by atoms with Gasteiger partial charge in [-0.3, -0.25) is 9.59 Å². The molecule has 0 atom stereocenters. The maximum atomic E-state index is 11.8. The molecular formula is C16H22N3O3+. The number of hydrazone groups is 1. The highest BCUT2D eigenvalue weighted by Crippen LogP contribution is 2.27.